The smallest absolute Gasteiger partial charge is 0.261 e. The molecule has 0 aliphatic heterocycles. The summed E-state index contributed by atoms with van der Waals surface area (Å²) in [4.78, 5) is 15.6. The second-order valence-corrected chi connectivity index (χ2v) is 3.76. The Hall–Kier alpha value is -1.95. The molecule has 1 heterocycles. The SMILES string of the molecule is Cc1nc(NC(=O)c2cc(Cl)ccc2F)n[nH]1. The Kier molecular flexibility index (Phi) is 3.06. The van der Waals surface area contributed by atoms with Crippen LogP contribution in [0.15, 0.2) is 18.2 Å². The van der Waals surface area contributed by atoms with Gasteiger partial charge in [0, 0.05) is 5.02 Å². The van der Waals surface area contributed by atoms with Crippen LogP contribution in [-0.4, -0.2) is 21.1 Å². The van der Waals surface area contributed by atoms with E-state index in [1.807, 2.05) is 0 Å². The third-order valence-corrected chi connectivity index (χ3v) is 2.23. The zero-order valence-corrected chi connectivity index (χ0v) is 9.55. The average Bonchev–Trinajstić information content (AvgIpc) is 2.67. The Bertz CT molecular complexity index is 569. The summed E-state index contributed by atoms with van der Waals surface area (Å²) in [5.74, 6) is -0.665. The molecule has 7 heteroatoms. The monoisotopic (exact) mass is 254 g/mol. The Balaban J connectivity index is 2.22. The van der Waals surface area contributed by atoms with Crippen molar-refractivity contribution in [2.75, 3.05) is 5.32 Å². The van der Waals surface area contributed by atoms with E-state index in [9.17, 15) is 9.18 Å². The van der Waals surface area contributed by atoms with Gasteiger partial charge in [0.15, 0.2) is 0 Å². The lowest BCUT2D eigenvalue weighted by molar-refractivity contribution is 0.102. The number of aromatic amines is 1. The number of anilines is 1. The van der Waals surface area contributed by atoms with Crippen molar-refractivity contribution in [2.24, 2.45) is 0 Å². The standard InChI is InChI=1S/C10H8ClFN4O/c1-5-13-10(16-15-5)14-9(17)7-4-6(11)2-3-8(7)12/h2-4H,1H3,(H2,13,14,15,16,17). The van der Waals surface area contributed by atoms with E-state index in [4.69, 9.17) is 11.6 Å². The van der Waals surface area contributed by atoms with E-state index in [-0.39, 0.29) is 16.5 Å². The van der Waals surface area contributed by atoms with Crippen LogP contribution in [0.25, 0.3) is 0 Å². The van der Waals surface area contributed by atoms with Gasteiger partial charge in [0.05, 0.1) is 5.56 Å². The zero-order chi connectivity index (χ0) is 12.4. The van der Waals surface area contributed by atoms with Crippen LogP contribution < -0.4 is 5.32 Å². The third-order valence-electron chi connectivity index (χ3n) is 2.00. The minimum atomic E-state index is -0.654. The summed E-state index contributed by atoms with van der Waals surface area (Å²) in [5, 5.41) is 8.90. The van der Waals surface area contributed by atoms with Crippen molar-refractivity contribution >= 4 is 23.5 Å². The molecule has 1 aromatic heterocycles. The molecule has 88 valence electrons. The quantitative estimate of drug-likeness (QED) is 0.863. The highest BCUT2D eigenvalue weighted by atomic mass is 35.5. The largest absolute Gasteiger partial charge is 0.289 e. The molecule has 0 radical (unpaired) electrons. The summed E-state index contributed by atoms with van der Waals surface area (Å²) in [6, 6.07) is 3.73. The number of H-pyrrole nitrogens is 1. The number of hydrogen-bond donors (Lipinski definition) is 2. The van der Waals surface area contributed by atoms with Gasteiger partial charge in [-0.25, -0.2) is 4.39 Å². The molecule has 0 saturated heterocycles. The molecular formula is C10H8ClFN4O. The maximum atomic E-state index is 13.4. The Morgan fingerprint density at radius 2 is 2.29 bits per heavy atom. The van der Waals surface area contributed by atoms with E-state index < -0.39 is 11.7 Å². The fraction of sp³-hybridized carbons (Fsp3) is 0.100. The molecule has 0 atom stereocenters. The molecule has 0 unspecified atom stereocenters. The van der Waals surface area contributed by atoms with Crippen LogP contribution in [0.2, 0.25) is 5.02 Å². The van der Waals surface area contributed by atoms with E-state index in [0.717, 1.165) is 6.07 Å². The molecule has 0 bridgehead atoms. The van der Waals surface area contributed by atoms with E-state index in [1.165, 1.54) is 12.1 Å². The molecule has 0 saturated carbocycles. The number of rotatable bonds is 2. The number of halogens is 2. The molecular weight excluding hydrogens is 247 g/mol. The Morgan fingerprint density at radius 1 is 1.53 bits per heavy atom. The predicted molar refractivity (Wildman–Crippen MR) is 60.5 cm³/mol. The highest BCUT2D eigenvalue weighted by Gasteiger charge is 2.14. The molecule has 1 aromatic carbocycles. The predicted octanol–water partition coefficient (Wildman–Crippen LogP) is 2.16. The molecule has 17 heavy (non-hydrogen) atoms. The van der Waals surface area contributed by atoms with Crippen molar-refractivity contribution in [3.63, 3.8) is 0 Å². The van der Waals surface area contributed by atoms with Gasteiger partial charge >= 0.3 is 0 Å². The van der Waals surface area contributed by atoms with Crippen molar-refractivity contribution in [3.8, 4) is 0 Å². The van der Waals surface area contributed by atoms with Crippen LogP contribution in [0, 0.1) is 12.7 Å². The van der Waals surface area contributed by atoms with E-state index in [1.54, 1.807) is 6.92 Å². The van der Waals surface area contributed by atoms with Gasteiger partial charge in [-0.1, -0.05) is 11.6 Å². The van der Waals surface area contributed by atoms with Gasteiger partial charge in [0.2, 0.25) is 5.95 Å². The summed E-state index contributed by atoms with van der Waals surface area (Å²) in [6.07, 6.45) is 0. The van der Waals surface area contributed by atoms with Gasteiger partial charge in [-0.3, -0.25) is 15.2 Å². The summed E-state index contributed by atoms with van der Waals surface area (Å²) in [5.41, 5.74) is -0.153. The van der Waals surface area contributed by atoms with Crippen LogP contribution in [0.4, 0.5) is 10.3 Å². The number of benzene rings is 1. The van der Waals surface area contributed by atoms with Crippen molar-refractivity contribution in [1.82, 2.24) is 15.2 Å². The topological polar surface area (TPSA) is 70.7 Å². The number of hydrogen-bond acceptors (Lipinski definition) is 3. The van der Waals surface area contributed by atoms with Crippen molar-refractivity contribution in [3.05, 3.63) is 40.4 Å². The normalized spacial score (nSPS) is 10.3. The number of aryl methyl sites for hydroxylation is 1. The van der Waals surface area contributed by atoms with Crippen molar-refractivity contribution in [2.45, 2.75) is 6.92 Å². The molecule has 0 aliphatic rings. The Morgan fingerprint density at radius 3 is 2.94 bits per heavy atom. The van der Waals surface area contributed by atoms with Gasteiger partial charge in [0.1, 0.15) is 11.6 Å². The average molecular weight is 255 g/mol. The first-order valence-electron chi connectivity index (χ1n) is 4.71. The van der Waals surface area contributed by atoms with Crippen molar-refractivity contribution < 1.29 is 9.18 Å². The minimum absolute atomic E-state index is 0.0897. The van der Waals surface area contributed by atoms with Gasteiger partial charge < -0.3 is 0 Å². The molecule has 2 aromatic rings. The lowest BCUT2D eigenvalue weighted by atomic mass is 10.2. The molecule has 2 N–H and O–H groups in total. The van der Waals surface area contributed by atoms with Gasteiger partial charge in [-0.15, -0.1) is 5.10 Å². The summed E-state index contributed by atoms with van der Waals surface area (Å²) >= 11 is 5.68. The lowest BCUT2D eigenvalue weighted by Gasteiger charge is -2.02. The van der Waals surface area contributed by atoms with Gasteiger partial charge in [0.25, 0.3) is 5.91 Å². The van der Waals surface area contributed by atoms with Crippen LogP contribution in [0.3, 0.4) is 0 Å². The number of aromatic nitrogens is 3. The molecule has 1 amide bonds. The van der Waals surface area contributed by atoms with Crippen LogP contribution in [-0.2, 0) is 0 Å². The number of carbonyl (C=O) groups is 1. The second kappa shape index (κ2) is 4.50. The minimum Gasteiger partial charge on any atom is -0.289 e. The second-order valence-electron chi connectivity index (χ2n) is 3.32. The van der Waals surface area contributed by atoms with Crippen molar-refractivity contribution in [1.29, 1.82) is 0 Å². The van der Waals surface area contributed by atoms with Crippen LogP contribution in [0.5, 0.6) is 0 Å². The Labute approximate surface area is 101 Å². The first-order chi connectivity index (χ1) is 8.06. The fourth-order valence-electron chi connectivity index (χ4n) is 1.24. The van der Waals surface area contributed by atoms with E-state index in [0.29, 0.717) is 5.82 Å². The molecule has 5 nitrogen and oxygen atoms in total. The number of nitrogens with zero attached hydrogens (tertiary/aromatic N) is 2. The number of nitrogens with one attached hydrogen (secondary N) is 2. The fourth-order valence-corrected chi connectivity index (χ4v) is 1.41. The first kappa shape index (κ1) is 11.5. The molecule has 0 aliphatic carbocycles. The zero-order valence-electron chi connectivity index (χ0n) is 8.79. The van der Waals surface area contributed by atoms with Gasteiger partial charge in [-0.05, 0) is 25.1 Å². The number of carbonyl (C=O) groups excluding carboxylic acids is 1. The van der Waals surface area contributed by atoms with E-state index >= 15 is 0 Å². The third kappa shape index (κ3) is 2.59. The van der Waals surface area contributed by atoms with Crippen LogP contribution >= 0.6 is 11.6 Å². The van der Waals surface area contributed by atoms with Gasteiger partial charge in [-0.2, -0.15) is 4.98 Å². The summed E-state index contributed by atoms with van der Waals surface area (Å²) < 4.78 is 13.4. The lowest BCUT2D eigenvalue weighted by Crippen LogP contribution is -2.14. The molecule has 2 rings (SSSR count). The summed E-state index contributed by atoms with van der Waals surface area (Å²) in [7, 11) is 0. The molecule has 0 spiro atoms. The summed E-state index contributed by atoms with van der Waals surface area (Å²) in [6.45, 7) is 1.68. The highest BCUT2D eigenvalue weighted by Crippen LogP contribution is 2.15. The molecule has 0 fully saturated rings. The highest BCUT2D eigenvalue weighted by molar-refractivity contribution is 6.31. The van der Waals surface area contributed by atoms with Crippen LogP contribution in [0.1, 0.15) is 16.2 Å². The van der Waals surface area contributed by atoms with E-state index in [2.05, 4.69) is 20.5 Å². The maximum Gasteiger partial charge on any atom is 0.261 e. The maximum absolute atomic E-state index is 13.4. The number of amides is 1. The first-order valence-corrected chi connectivity index (χ1v) is 5.09.